The number of nitrogens with one attached hydrogen (secondary N) is 1. The van der Waals surface area contributed by atoms with Crippen molar-refractivity contribution in [3.63, 3.8) is 0 Å². The maximum Gasteiger partial charge on any atom is 0.181 e. The molecule has 2 heterocycles. The maximum absolute atomic E-state index is 13.0. The summed E-state index contributed by atoms with van der Waals surface area (Å²) in [6.45, 7) is 3.69. The van der Waals surface area contributed by atoms with Crippen molar-refractivity contribution < 1.29 is 19.4 Å². The van der Waals surface area contributed by atoms with Crippen LogP contribution in [0.15, 0.2) is 48.5 Å². The Morgan fingerprint density at radius 1 is 1.06 bits per heavy atom. The highest BCUT2D eigenvalue weighted by molar-refractivity contribution is 5.98. The molecule has 4 aromatic rings. The van der Waals surface area contributed by atoms with Gasteiger partial charge in [0.15, 0.2) is 11.4 Å². The van der Waals surface area contributed by atoms with E-state index in [0.29, 0.717) is 28.4 Å². The minimum Gasteiger partial charge on any atom is -0.497 e. The zero-order chi connectivity index (χ0) is 22.8. The molecule has 0 spiro atoms. The van der Waals surface area contributed by atoms with Crippen molar-refractivity contribution in [3.8, 4) is 22.8 Å². The molecule has 0 aliphatic carbocycles. The van der Waals surface area contributed by atoms with Crippen LogP contribution < -0.4 is 9.47 Å². The van der Waals surface area contributed by atoms with Gasteiger partial charge in [-0.15, -0.1) is 0 Å². The number of aliphatic hydroxyl groups is 1. The van der Waals surface area contributed by atoms with E-state index in [2.05, 4.69) is 15.2 Å². The lowest BCUT2D eigenvalue weighted by Crippen LogP contribution is -2.05. The molecule has 0 aliphatic heterocycles. The molecule has 0 amide bonds. The molecular weight excluding hydrogens is 406 g/mol. The molecule has 0 saturated carbocycles. The van der Waals surface area contributed by atoms with Gasteiger partial charge in [-0.2, -0.15) is 5.10 Å². The SMILES string of the molecule is COc1cc(OC)cc(C(=O)Cc2ccc(C)c(-c3ccc4c([C@@H](C)O)[nH]nc4n3)c2)c1. The molecule has 4 rings (SSSR count). The number of aromatic amines is 1. The van der Waals surface area contributed by atoms with Crippen molar-refractivity contribution in [1.29, 1.82) is 0 Å². The van der Waals surface area contributed by atoms with Gasteiger partial charge in [-0.1, -0.05) is 12.1 Å². The number of hydrogen-bond acceptors (Lipinski definition) is 6. The molecule has 1 atom stereocenters. The average molecular weight is 431 g/mol. The number of H-pyrrole nitrogens is 1. The van der Waals surface area contributed by atoms with Gasteiger partial charge in [0.1, 0.15) is 11.5 Å². The van der Waals surface area contributed by atoms with Gasteiger partial charge in [0.25, 0.3) is 0 Å². The fourth-order valence-electron chi connectivity index (χ4n) is 3.70. The van der Waals surface area contributed by atoms with Crippen LogP contribution in [0.1, 0.15) is 40.2 Å². The van der Waals surface area contributed by atoms with Gasteiger partial charge in [-0.05, 0) is 55.3 Å². The number of pyridine rings is 1. The first-order valence-electron chi connectivity index (χ1n) is 10.3. The summed E-state index contributed by atoms with van der Waals surface area (Å²) in [7, 11) is 3.12. The van der Waals surface area contributed by atoms with Crippen LogP contribution in [-0.2, 0) is 6.42 Å². The Hall–Kier alpha value is -3.71. The third-order valence-corrected chi connectivity index (χ3v) is 5.48. The van der Waals surface area contributed by atoms with Gasteiger partial charge in [0.2, 0.25) is 0 Å². The Morgan fingerprint density at radius 3 is 2.44 bits per heavy atom. The van der Waals surface area contributed by atoms with E-state index >= 15 is 0 Å². The lowest BCUT2D eigenvalue weighted by Gasteiger charge is -2.10. The van der Waals surface area contributed by atoms with Gasteiger partial charge in [-0.25, -0.2) is 4.98 Å². The van der Waals surface area contributed by atoms with Gasteiger partial charge < -0.3 is 14.6 Å². The molecule has 2 aromatic carbocycles. The monoisotopic (exact) mass is 431 g/mol. The molecule has 2 aromatic heterocycles. The lowest BCUT2D eigenvalue weighted by atomic mass is 9.97. The zero-order valence-electron chi connectivity index (χ0n) is 18.5. The Morgan fingerprint density at radius 2 is 1.78 bits per heavy atom. The van der Waals surface area contributed by atoms with E-state index in [0.717, 1.165) is 27.8 Å². The number of rotatable bonds is 7. The van der Waals surface area contributed by atoms with Crippen LogP contribution in [0.5, 0.6) is 11.5 Å². The third kappa shape index (κ3) is 4.20. The summed E-state index contributed by atoms with van der Waals surface area (Å²) >= 11 is 0. The topological polar surface area (TPSA) is 97.3 Å². The number of carbonyl (C=O) groups excluding carboxylic acids is 1. The molecule has 0 fully saturated rings. The molecule has 0 unspecified atom stereocenters. The van der Waals surface area contributed by atoms with Gasteiger partial charge in [0, 0.05) is 29.0 Å². The molecule has 0 saturated heterocycles. The second-order valence-electron chi connectivity index (χ2n) is 7.73. The van der Waals surface area contributed by atoms with Crippen LogP contribution in [0.2, 0.25) is 0 Å². The summed E-state index contributed by atoms with van der Waals surface area (Å²) in [5, 5.41) is 17.7. The van der Waals surface area contributed by atoms with Gasteiger partial charge in [0.05, 0.1) is 31.7 Å². The number of methoxy groups -OCH3 is 2. The number of ether oxygens (including phenoxy) is 2. The number of ketones is 1. The number of aromatic nitrogens is 3. The Labute approximate surface area is 186 Å². The number of carbonyl (C=O) groups is 1. The smallest absolute Gasteiger partial charge is 0.181 e. The molecular formula is C25H25N3O4. The van der Waals surface area contributed by atoms with Gasteiger partial charge >= 0.3 is 0 Å². The van der Waals surface area contributed by atoms with Crippen molar-refractivity contribution in [2.45, 2.75) is 26.4 Å². The summed E-state index contributed by atoms with van der Waals surface area (Å²) in [6, 6.07) is 14.9. The normalized spacial score (nSPS) is 12.0. The van der Waals surface area contributed by atoms with E-state index in [4.69, 9.17) is 9.47 Å². The third-order valence-electron chi connectivity index (χ3n) is 5.48. The van der Waals surface area contributed by atoms with Crippen LogP contribution in [-0.4, -0.2) is 40.3 Å². The predicted molar refractivity (Wildman–Crippen MR) is 122 cm³/mol. The highest BCUT2D eigenvalue weighted by Gasteiger charge is 2.15. The number of fused-ring (bicyclic) bond motifs is 1. The first kappa shape index (κ1) is 21.5. The van der Waals surface area contributed by atoms with Crippen molar-refractivity contribution in [1.82, 2.24) is 15.2 Å². The summed E-state index contributed by atoms with van der Waals surface area (Å²) in [5.74, 6) is 1.12. The second-order valence-corrected chi connectivity index (χ2v) is 7.73. The molecule has 7 heteroatoms. The molecule has 0 bridgehead atoms. The van der Waals surface area contributed by atoms with E-state index in [-0.39, 0.29) is 12.2 Å². The first-order chi connectivity index (χ1) is 15.4. The molecule has 2 N–H and O–H groups in total. The van der Waals surface area contributed by atoms with E-state index < -0.39 is 6.10 Å². The number of aryl methyl sites for hydroxylation is 1. The first-order valence-corrected chi connectivity index (χ1v) is 10.3. The minimum atomic E-state index is -0.654. The number of nitrogens with zero attached hydrogens (tertiary/aromatic N) is 2. The zero-order valence-corrected chi connectivity index (χ0v) is 18.5. The van der Waals surface area contributed by atoms with E-state index in [9.17, 15) is 9.90 Å². The van der Waals surface area contributed by atoms with Crippen LogP contribution >= 0.6 is 0 Å². The standard InChI is InChI=1S/C25H25N3O4/c1-14-5-6-16(10-23(30)17-11-18(31-3)13-19(12-17)32-4)9-21(14)22-8-7-20-24(15(2)29)27-28-25(20)26-22/h5-9,11-13,15,29H,10H2,1-4H3,(H,26,27,28)/t15-/m1/s1. The molecule has 0 radical (unpaired) electrons. The van der Waals surface area contributed by atoms with Crippen molar-refractivity contribution in [2.24, 2.45) is 0 Å². The summed E-state index contributed by atoms with van der Waals surface area (Å²) in [5.41, 5.74) is 5.34. The molecule has 32 heavy (non-hydrogen) atoms. The fraction of sp³-hybridized carbons (Fsp3) is 0.240. The molecule has 0 aliphatic rings. The highest BCUT2D eigenvalue weighted by atomic mass is 16.5. The predicted octanol–water partition coefficient (Wildman–Crippen LogP) is 4.43. The Balaban J connectivity index is 1.65. The van der Waals surface area contributed by atoms with E-state index in [1.54, 1.807) is 39.3 Å². The second kappa shape index (κ2) is 8.80. The fourth-order valence-corrected chi connectivity index (χ4v) is 3.70. The van der Waals surface area contributed by atoms with Crippen LogP contribution in [0, 0.1) is 6.92 Å². The van der Waals surface area contributed by atoms with Crippen LogP contribution in [0.3, 0.4) is 0 Å². The minimum absolute atomic E-state index is 0.0331. The van der Waals surface area contributed by atoms with Gasteiger partial charge in [-0.3, -0.25) is 9.89 Å². The van der Waals surface area contributed by atoms with Crippen molar-refractivity contribution in [2.75, 3.05) is 14.2 Å². The number of Topliss-reactive ketones (excluding diaryl/α,β-unsaturated/α-hetero) is 1. The Bertz CT molecular complexity index is 1270. The quantitative estimate of drug-likeness (QED) is 0.420. The van der Waals surface area contributed by atoms with E-state index in [1.165, 1.54) is 0 Å². The lowest BCUT2D eigenvalue weighted by molar-refractivity contribution is 0.0992. The number of aliphatic hydroxyl groups excluding tert-OH is 1. The van der Waals surface area contributed by atoms with Crippen LogP contribution in [0.4, 0.5) is 0 Å². The van der Waals surface area contributed by atoms with Crippen molar-refractivity contribution >= 4 is 16.8 Å². The average Bonchev–Trinajstić information content (AvgIpc) is 3.23. The van der Waals surface area contributed by atoms with Crippen molar-refractivity contribution in [3.05, 3.63) is 70.9 Å². The number of benzene rings is 2. The summed E-state index contributed by atoms with van der Waals surface area (Å²) in [6.07, 6.45) is -0.417. The largest absolute Gasteiger partial charge is 0.497 e. The summed E-state index contributed by atoms with van der Waals surface area (Å²) < 4.78 is 10.6. The molecule has 7 nitrogen and oxygen atoms in total. The van der Waals surface area contributed by atoms with Crippen LogP contribution in [0.25, 0.3) is 22.3 Å². The van der Waals surface area contributed by atoms with E-state index in [1.807, 2.05) is 37.3 Å². The number of hydrogen-bond donors (Lipinski definition) is 2. The Kier molecular flexibility index (Phi) is 5.92. The highest BCUT2D eigenvalue weighted by Crippen LogP contribution is 2.28. The summed E-state index contributed by atoms with van der Waals surface area (Å²) in [4.78, 5) is 17.6. The molecule has 164 valence electrons. The maximum atomic E-state index is 13.0.